The van der Waals surface area contributed by atoms with Crippen LogP contribution in [0.3, 0.4) is 0 Å². The SMILES string of the molecule is NCC1(C(F)(F)c2ccccc2)CCCCC1. The molecule has 0 bridgehead atoms. The molecule has 0 atom stereocenters. The van der Waals surface area contributed by atoms with Crippen LogP contribution < -0.4 is 5.73 Å². The normalized spacial score (nSPS) is 20.2. The fraction of sp³-hybridized carbons (Fsp3) is 0.571. The van der Waals surface area contributed by atoms with Crippen LogP contribution in [0, 0.1) is 5.41 Å². The maximum absolute atomic E-state index is 14.6. The predicted molar refractivity (Wildman–Crippen MR) is 64.9 cm³/mol. The molecule has 0 saturated heterocycles. The van der Waals surface area contributed by atoms with Gasteiger partial charge in [-0.1, -0.05) is 49.6 Å². The van der Waals surface area contributed by atoms with E-state index in [1.807, 2.05) is 0 Å². The molecule has 0 heterocycles. The highest BCUT2D eigenvalue weighted by Crippen LogP contribution is 2.52. The van der Waals surface area contributed by atoms with E-state index in [2.05, 4.69) is 0 Å². The molecule has 1 aromatic rings. The standard InChI is InChI=1S/C14H19F2N/c15-14(16,12-7-3-1-4-8-12)13(11-17)9-5-2-6-10-13/h1,3-4,7-8H,2,5-6,9-11,17H2. The van der Waals surface area contributed by atoms with Crippen molar-refractivity contribution in [3.05, 3.63) is 35.9 Å². The molecule has 3 heteroatoms. The minimum atomic E-state index is -2.82. The van der Waals surface area contributed by atoms with Crippen molar-refractivity contribution in [1.82, 2.24) is 0 Å². The van der Waals surface area contributed by atoms with Crippen molar-refractivity contribution in [2.24, 2.45) is 11.1 Å². The van der Waals surface area contributed by atoms with E-state index >= 15 is 0 Å². The summed E-state index contributed by atoms with van der Waals surface area (Å²) < 4.78 is 29.2. The summed E-state index contributed by atoms with van der Waals surface area (Å²) >= 11 is 0. The minimum Gasteiger partial charge on any atom is -0.330 e. The summed E-state index contributed by atoms with van der Waals surface area (Å²) in [5.41, 5.74) is 4.75. The van der Waals surface area contributed by atoms with Crippen molar-refractivity contribution in [3.8, 4) is 0 Å². The lowest BCUT2D eigenvalue weighted by Crippen LogP contribution is -2.46. The molecule has 1 saturated carbocycles. The van der Waals surface area contributed by atoms with Crippen LogP contribution in [0.15, 0.2) is 30.3 Å². The first-order valence-corrected chi connectivity index (χ1v) is 6.26. The fourth-order valence-corrected chi connectivity index (χ4v) is 2.83. The first-order chi connectivity index (χ1) is 8.12. The van der Waals surface area contributed by atoms with Gasteiger partial charge in [-0.15, -0.1) is 0 Å². The lowest BCUT2D eigenvalue weighted by Gasteiger charge is -2.42. The quantitative estimate of drug-likeness (QED) is 0.855. The number of nitrogens with two attached hydrogens (primary N) is 1. The zero-order chi connectivity index (χ0) is 12.4. The highest BCUT2D eigenvalue weighted by atomic mass is 19.3. The van der Waals surface area contributed by atoms with Crippen LogP contribution >= 0.6 is 0 Å². The molecule has 94 valence electrons. The van der Waals surface area contributed by atoms with Gasteiger partial charge in [-0.3, -0.25) is 0 Å². The van der Waals surface area contributed by atoms with Crippen molar-refractivity contribution in [3.63, 3.8) is 0 Å². The lowest BCUT2D eigenvalue weighted by molar-refractivity contribution is -0.142. The molecule has 0 radical (unpaired) electrons. The van der Waals surface area contributed by atoms with Gasteiger partial charge in [0.1, 0.15) is 0 Å². The summed E-state index contributed by atoms with van der Waals surface area (Å²) in [7, 11) is 0. The maximum Gasteiger partial charge on any atom is 0.279 e. The van der Waals surface area contributed by atoms with Gasteiger partial charge < -0.3 is 5.73 Å². The topological polar surface area (TPSA) is 26.0 Å². The van der Waals surface area contributed by atoms with E-state index in [0.29, 0.717) is 12.8 Å². The first-order valence-electron chi connectivity index (χ1n) is 6.26. The molecule has 17 heavy (non-hydrogen) atoms. The third kappa shape index (κ3) is 2.08. The van der Waals surface area contributed by atoms with E-state index in [1.54, 1.807) is 18.2 Å². The summed E-state index contributed by atoms with van der Waals surface area (Å²) in [5.74, 6) is -2.82. The summed E-state index contributed by atoms with van der Waals surface area (Å²) in [6, 6.07) is 8.10. The van der Waals surface area contributed by atoms with Crippen LogP contribution in [-0.2, 0) is 5.92 Å². The Bertz CT molecular complexity index is 356. The molecule has 0 aromatic heterocycles. The Kier molecular flexibility index (Phi) is 3.48. The van der Waals surface area contributed by atoms with E-state index < -0.39 is 11.3 Å². The van der Waals surface area contributed by atoms with E-state index in [0.717, 1.165) is 19.3 Å². The molecule has 0 unspecified atom stereocenters. The first kappa shape index (κ1) is 12.5. The van der Waals surface area contributed by atoms with Crippen molar-refractivity contribution in [2.45, 2.75) is 38.0 Å². The van der Waals surface area contributed by atoms with Crippen molar-refractivity contribution in [1.29, 1.82) is 0 Å². The monoisotopic (exact) mass is 239 g/mol. The van der Waals surface area contributed by atoms with E-state index in [-0.39, 0.29) is 12.1 Å². The highest BCUT2D eigenvalue weighted by molar-refractivity contribution is 5.23. The average molecular weight is 239 g/mol. The molecule has 1 fully saturated rings. The van der Waals surface area contributed by atoms with Gasteiger partial charge in [-0.2, -0.15) is 0 Å². The molecule has 2 N–H and O–H groups in total. The summed E-state index contributed by atoms with van der Waals surface area (Å²) in [4.78, 5) is 0. The van der Waals surface area contributed by atoms with Gasteiger partial charge in [0.05, 0.1) is 5.41 Å². The molecule has 0 amide bonds. The Labute approximate surface area is 101 Å². The van der Waals surface area contributed by atoms with Crippen molar-refractivity contribution >= 4 is 0 Å². The van der Waals surface area contributed by atoms with Crippen LogP contribution in [0.2, 0.25) is 0 Å². The van der Waals surface area contributed by atoms with E-state index in [4.69, 9.17) is 5.73 Å². The Morgan fingerprint density at radius 3 is 2.18 bits per heavy atom. The second-order valence-corrected chi connectivity index (χ2v) is 4.99. The van der Waals surface area contributed by atoms with Gasteiger partial charge in [0, 0.05) is 12.1 Å². The number of hydrogen-bond acceptors (Lipinski definition) is 1. The van der Waals surface area contributed by atoms with Crippen LogP contribution in [0.25, 0.3) is 0 Å². The molecule has 1 aliphatic rings. The minimum absolute atomic E-state index is 0.0644. The number of hydrogen-bond donors (Lipinski definition) is 1. The number of alkyl halides is 2. The molecule has 1 aromatic carbocycles. The van der Waals surface area contributed by atoms with Gasteiger partial charge in [-0.25, -0.2) is 8.78 Å². The third-order valence-corrected chi connectivity index (χ3v) is 4.00. The summed E-state index contributed by atoms with van der Waals surface area (Å²) in [5, 5.41) is 0. The summed E-state index contributed by atoms with van der Waals surface area (Å²) in [6.45, 7) is 0.0644. The van der Waals surface area contributed by atoms with Crippen LogP contribution in [-0.4, -0.2) is 6.54 Å². The van der Waals surface area contributed by atoms with Gasteiger partial charge in [0.25, 0.3) is 5.92 Å². The Morgan fingerprint density at radius 1 is 1.06 bits per heavy atom. The number of rotatable bonds is 3. The van der Waals surface area contributed by atoms with Crippen molar-refractivity contribution in [2.75, 3.05) is 6.54 Å². The summed E-state index contributed by atoms with van der Waals surface area (Å²) in [6.07, 6.45) is 3.84. The number of halogens is 2. The second kappa shape index (κ2) is 4.73. The van der Waals surface area contributed by atoms with Crippen LogP contribution in [0.1, 0.15) is 37.7 Å². The van der Waals surface area contributed by atoms with E-state index in [1.165, 1.54) is 12.1 Å². The van der Waals surface area contributed by atoms with Crippen LogP contribution in [0.4, 0.5) is 8.78 Å². The molecular formula is C14H19F2N. The zero-order valence-corrected chi connectivity index (χ0v) is 9.96. The Morgan fingerprint density at radius 2 is 1.65 bits per heavy atom. The molecule has 0 spiro atoms. The molecule has 2 rings (SSSR count). The maximum atomic E-state index is 14.6. The van der Waals surface area contributed by atoms with Gasteiger partial charge in [0.2, 0.25) is 0 Å². The highest BCUT2D eigenvalue weighted by Gasteiger charge is 2.53. The molecule has 0 aliphatic heterocycles. The average Bonchev–Trinajstić information content (AvgIpc) is 2.40. The second-order valence-electron chi connectivity index (χ2n) is 4.99. The smallest absolute Gasteiger partial charge is 0.279 e. The molecular weight excluding hydrogens is 220 g/mol. The molecule has 1 aliphatic carbocycles. The van der Waals surface area contributed by atoms with Gasteiger partial charge in [0.15, 0.2) is 0 Å². The molecule has 1 nitrogen and oxygen atoms in total. The Hall–Kier alpha value is -0.960. The third-order valence-electron chi connectivity index (χ3n) is 4.00. The number of benzene rings is 1. The van der Waals surface area contributed by atoms with E-state index in [9.17, 15) is 8.78 Å². The van der Waals surface area contributed by atoms with Gasteiger partial charge >= 0.3 is 0 Å². The predicted octanol–water partition coefficient (Wildman–Crippen LogP) is 3.69. The Balaban J connectivity index is 2.35. The van der Waals surface area contributed by atoms with Crippen LogP contribution in [0.5, 0.6) is 0 Å². The lowest BCUT2D eigenvalue weighted by atomic mass is 9.68. The van der Waals surface area contributed by atoms with Crippen molar-refractivity contribution < 1.29 is 8.78 Å². The van der Waals surface area contributed by atoms with Gasteiger partial charge in [-0.05, 0) is 12.8 Å². The largest absolute Gasteiger partial charge is 0.330 e. The fourth-order valence-electron chi connectivity index (χ4n) is 2.83. The zero-order valence-electron chi connectivity index (χ0n) is 9.96.